The summed E-state index contributed by atoms with van der Waals surface area (Å²) in [7, 11) is 0. The lowest BCUT2D eigenvalue weighted by Crippen LogP contribution is -2.33. The lowest BCUT2D eigenvalue weighted by Gasteiger charge is -2.30. The molecule has 2 heteroatoms. The van der Waals surface area contributed by atoms with Crippen molar-refractivity contribution in [3.8, 4) is 5.75 Å². The first-order valence-corrected chi connectivity index (χ1v) is 5.74. The van der Waals surface area contributed by atoms with E-state index in [1.807, 2.05) is 12.1 Å². The van der Waals surface area contributed by atoms with Crippen LogP contribution in [0.3, 0.4) is 0 Å². The summed E-state index contributed by atoms with van der Waals surface area (Å²) in [5.74, 6) is 1.19. The van der Waals surface area contributed by atoms with Crippen LogP contribution in [-0.4, -0.2) is 23.1 Å². The molecule has 82 valence electrons. The zero-order chi connectivity index (χ0) is 10.7. The van der Waals surface area contributed by atoms with Crippen molar-refractivity contribution in [2.75, 3.05) is 13.1 Å². The molecule has 1 aromatic rings. The third-order valence-electron chi connectivity index (χ3n) is 3.06. The maximum Gasteiger partial charge on any atom is 0.115 e. The van der Waals surface area contributed by atoms with Crippen LogP contribution in [0.5, 0.6) is 5.75 Å². The fourth-order valence-electron chi connectivity index (χ4n) is 2.34. The maximum atomic E-state index is 9.38. The Hall–Kier alpha value is -1.02. The molecule has 15 heavy (non-hydrogen) atoms. The van der Waals surface area contributed by atoms with Crippen LogP contribution in [0, 0.1) is 5.92 Å². The highest BCUT2D eigenvalue weighted by Crippen LogP contribution is 2.19. The first-order chi connectivity index (χ1) is 7.24. The molecule has 2 rings (SSSR count). The molecule has 1 saturated heterocycles. The van der Waals surface area contributed by atoms with E-state index in [0.717, 1.165) is 12.5 Å². The van der Waals surface area contributed by atoms with Gasteiger partial charge in [-0.3, -0.25) is 4.90 Å². The number of nitrogens with zero attached hydrogens (tertiary/aromatic N) is 1. The standard InChI is InChI=1S/C13H19NO/c1-11-4-3-7-14(9-11)10-12-5-2-6-13(15)8-12/h2,5-6,8,11,15H,3-4,7,9-10H2,1H3. The molecule has 1 fully saturated rings. The molecule has 0 spiro atoms. The Balaban J connectivity index is 1.96. The van der Waals surface area contributed by atoms with Crippen LogP contribution in [0.25, 0.3) is 0 Å². The van der Waals surface area contributed by atoms with Gasteiger partial charge in [0.05, 0.1) is 0 Å². The monoisotopic (exact) mass is 205 g/mol. The molecule has 1 aromatic carbocycles. The van der Waals surface area contributed by atoms with E-state index in [1.165, 1.54) is 31.5 Å². The second-order valence-corrected chi connectivity index (χ2v) is 4.65. The van der Waals surface area contributed by atoms with Crippen molar-refractivity contribution in [1.82, 2.24) is 4.90 Å². The van der Waals surface area contributed by atoms with E-state index in [4.69, 9.17) is 0 Å². The van der Waals surface area contributed by atoms with Gasteiger partial charge in [0.15, 0.2) is 0 Å². The molecule has 0 bridgehead atoms. The molecule has 2 nitrogen and oxygen atoms in total. The van der Waals surface area contributed by atoms with Gasteiger partial charge < -0.3 is 5.11 Å². The summed E-state index contributed by atoms with van der Waals surface area (Å²) in [5, 5.41) is 9.38. The number of rotatable bonds is 2. The topological polar surface area (TPSA) is 23.5 Å². The van der Waals surface area contributed by atoms with Crippen LogP contribution in [0.2, 0.25) is 0 Å². The molecule has 0 aromatic heterocycles. The van der Waals surface area contributed by atoms with Crippen molar-refractivity contribution in [2.45, 2.75) is 26.3 Å². The van der Waals surface area contributed by atoms with Gasteiger partial charge in [0.1, 0.15) is 5.75 Å². The quantitative estimate of drug-likeness (QED) is 0.802. The molecule has 1 N–H and O–H groups in total. The van der Waals surface area contributed by atoms with E-state index < -0.39 is 0 Å². The van der Waals surface area contributed by atoms with Gasteiger partial charge in [-0.1, -0.05) is 19.1 Å². The molecular formula is C13H19NO. The second kappa shape index (κ2) is 4.67. The van der Waals surface area contributed by atoms with Gasteiger partial charge in [0.2, 0.25) is 0 Å². The van der Waals surface area contributed by atoms with E-state index in [9.17, 15) is 5.11 Å². The molecule has 1 atom stereocenters. The van der Waals surface area contributed by atoms with Crippen LogP contribution >= 0.6 is 0 Å². The maximum absolute atomic E-state index is 9.38. The first-order valence-electron chi connectivity index (χ1n) is 5.74. The Morgan fingerprint density at radius 2 is 2.33 bits per heavy atom. The fraction of sp³-hybridized carbons (Fsp3) is 0.538. The Kier molecular flexibility index (Phi) is 3.27. The SMILES string of the molecule is CC1CCCN(Cc2cccc(O)c2)C1. The minimum atomic E-state index is 0.373. The molecule has 1 unspecified atom stereocenters. The summed E-state index contributed by atoms with van der Waals surface area (Å²) in [4.78, 5) is 2.48. The molecule has 0 amide bonds. The van der Waals surface area contributed by atoms with E-state index in [-0.39, 0.29) is 0 Å². The third-order valence-corrected chi connectivity index (χ3v) is 3.06. The zero-order valence-corrected chi connectivity index (χ0v) is 9.32. The smallest absolute Gasteiger partial charge is 0.115 e. The first kappa shape index (κ1) is 10.5. The van der Waals surface area contributed by atoms with Crippen molar-refractivity contribution in [3.05, 3.63) is 29.8 Å². The highest BCUT2D eigenvalue weighted by Gasteiger charge is 2.15. The minimum absolute atomic E-state index is 0.373. The predicted octanol–water partition coefficient (Wildman–Crippen LogP) is 2.62. The van der Waals surface area contributed by atoms with Gasteiger partial charge in [-0.25, -0.2) is 0 Å². The summed E-state index contributed by atoms with van der Waals surface area (Å²) in [6, 6.07) is 7.58. The largest absolute Gasteiger partial charge is 0.508 e. The normalized spacial score (nSPS) is 22.9. The number of phenols is 1. The number of piperidine rings is 1. The summed E-state index contributed by atoms with van der Waals surface area (Å²) in [6.07, 6.45) is 2.66. The van der Waals surface area contributed by atoms with Gasteiger partial charge in [-0.2, -0.15) is 0 Å². The molecule has 1 heterocycles. The summed E-state index contributed by atoms with van der Waals surface area (Å²) in [5.41, 5.74) is 1.21. The van der Waals surface area contributed by atoms with Gasteiger partial charge in [-0.05, 0) is 43.0 Å². The lowest BCUT2D eigenvalue weighted by atomic mass is 10.00. The van der Waals surface area contributed by atoms with Gasteiger partial charge in [0.25, 0.3) is 0 Å². The Morgan fingerprint density at radius 3 is 3.07 bits per heavy atom. The highest BCUT2D eigenvalue weighted by molar-refractivity contribution is 5.26. The Morgan fingerprint density at radius 1 is 1.47 bits per heavy atom. The molecule has 0 saturated carbocycles. The minimum Gasteiger partial charge on any atom is -0.508 e. The zero-order valence-electron chi connectivity index (χ0n) is 9.32. The fourth-order valence-corrected chi connectivity index (χ4v) is 2.34. The van der Waals surface area contributed by atoms with Crippen LogP contribution in [0.15, 0.2) is 24.3 Å². The average molecular weight is 205 g/mol. The lowest BCUT2D eigenvalue weighted by molar-refractivity contribution is 0.176. The van der Waals surface area contributed by atoms with E-state index in [2.05, 4.69) is 17.9 Å². The molecular weight excluding hydrogens is 186 g/mol. The second-order valence-electron chi connectivity index (χ2n) is 4.65. The molecule has 0 aliphatic carbocycles. The van der Waals surface area contributed by atoms with E-state index >= 15 is 0 Å². The predicted molar refractivity (Wildman–Crippen MR) is 61.8 cm³/mol. The van der Waals surface area contributed by atoms with Gasteiger partial charge >= 0.3 is 0 Å². The molecule has 1 aliphatic rings. The van der Waals surface area contributed by atoms with Crippen LogP contribution in [0.1, 0.15) is 25.3 Å². The summed E-state index contributed by atoms with van der Waals surface area (Å²) in [6.45, 7) is 5.67. The van der Waals surface area contributed by atoms with Crippen LogP contribution < -0.4 is 0 Å². The van der Waals surface area contributed by atoms with Gasteiger partial charge in [0, 0.05) is 13.1 Å². The molecule has 1 aliphatic heterocycles. The summed E-state index contributed by atoms with van der Waals surface area (Å²) < 4.78 is 0. The Labute approximate surface area is 91.5 Å². The number of aromatic hydroxyl groups is 1. The summed E-state index contributed by atoms with van der Waals surface area (Å²) >= 11 is 0. The van der Waals surface area contributed by atoms with Gasteiger partial charge in [-0.15, -0.1) is 0 Å². The highest BCUT2D eigenvalue weighted by atomic mass is 16.3. The van der Waals surface area contributed by atoms with Crippen LogP contribution in [0.4, 0.5) is 0 Å². The number of hydrogen-bond donors (Lipinski definition) is 1. The van der Waals surface area contributed by atoms with Crippen molar-refractivity contribution < 1.29 is 5.11 Å². The number of phenolic OH excluding ortho intramolecular Hbond substituents is 1. The van der Waals surface area contributed by atoms with Crippen LogP contribution in [-0.2, 0) is 6.54 Å². The number of benzene rings is 1. The van der Waals surface area contributed by atoms with E-state index in [1.54, 1.807) is 6.07 Å². The third kappa shape index (κ3) is 2.96. The van der Waals surface area contributed by atoms with E-state index in [0.29, 0.717) is 5.75 Å². The van der Waals surface area contributed by atoms with Crippen molar-refractivity contribution in [1.29, 1.82) is 0 Å². The van der Waals surface area contributed by atoms with Crippen molar-refractivity contribution >= 4 is 0 Å². The average Bonchev–Trinajstić information content (AvgIpc) is 2.17. The Bertz CT molecular complexity index is 324. The number of likely N-dealkylation sites (tertiary alicyclic amines) is 1. The number of hydrogen-bond acceptors (Lipinski definition) is 2. The van der Waals surface area contributed by atoms with Crippen molar-refractivity contribution in [2.24, 2.45) is 5.92 Å². The molecule has 0 radical (unpaired) electrons. The van der Waals surface area contributed by atoms with Crippen molar-refractivity contribution in [3.63, 3.8) is 0 Å².